The maximum atomic E-state index is 12.7. The Kier molecular flexibility index (Phi) is 6.82. The number of nitrogens with zero attached hydrogens (tertiary/aromatic N) is 2. The summed E-state index contributed by atoms with van der Waals surface area (Å²) in [6, 6.07) is 7.67. The maximum absolute atomic E-state index is 12.7. The van der Waals surface area contributed by atoms with Gasteiger partial charge >= 0.3 is 0 Å². The van der Waals surface area contributed by atoms with Gasteiger partial charge in [-0.1, -0.05) is 12.1 Å². The van der Waals surface area contributed by atoms with Gasteiger partial charge in [0, 0.05) is 19.6 Å². The predicted molar refractivity (Wildman–Crippen MR) is 97.0 cm³/mol. The topological polar surface area (TPSA) is 75.9 Å². The number of carbonyl (C=O) groups excluding carboxylic acids is 2. The highest BCUT2D eigenvalue weighted by Crippen LogP contribution is 2.19. The molecular weight excluding hydrogens is 318 g/mol. The van der Waals surface area contributed by atoms with Crippen LogP contribution in [0, 0.1) is 5.92 Å². The van der Waals surface area contributed by atoms with Crippen LogP contribution in [0.5, 0.6) is 5.75 Å². The summed E-state index contributed by atoms with van der Waals surface area (Å²) in [4.78, 5) is 28.0. The van der Waals surface area contributed by atoms with Crippen molar-refractivity contribution in [1.82, 2.24) is 9.80 Å². The van der Waals surface area contributed by atoms with Gasteiger partial charge in [0.2, 0.25) is 11.8 Å². The number of amides is 2. The fourth-order valence-corrected chi connectivity index (χ4v) is 3.14. The van der Waals surface area contributed by atoms with Gasteiger partial charge in [0.1, 0.15) is 5.75 Å². The van der Waals surface area contributed by atoms with E-state index >= 15 is 0 Å². The largest absolute Gasteiger partial charge is 0.494 e. The molecule has 1 fully saturated rings. The van der Waals surface area contributed by atoms with Crippen LogP contribution in [0.1, 0.15) is 32.3 Å². The number of carbonyl (C=O) groups is 2. The number of likely N-dealkylation sites (N-methyl/N-ethyl adjacent to an activating group) is 1. The molecule has 25 heavy (non-hydrogen) atoms. The van der Waals surface area contributed by atoms with Crippen molar-refractivity contribution in [2.45, 2.75) is 39.3 Å². The summed E-state index contributed by atoms with van der Waals surface area (Å²) in [6.07, 6.45) is 1.60. The van der Waals surface area contributed by atoms with Crippen molar-refractivity contribution in [1.29, 1.82) is 0 Å². The molecule has 2 amide bonds. The molecule has 0 saturated carbocycles. The minimum Gasteiger partial charge on any atom is -0.494 e. The first-order chi connectivity index (χ1) is 11.9. The Bertz CT molecular complexity index is 588. The monoisotopic (exact) mass is 347 g/mol. The van der Waals surface area contributed by atoms with E-state index in [9.17, 15) is 9.59 Å². The van der Waals surface area contributed by atoms with E-state index in [2.05, 4.69) is 0 Å². The van der Waals surface area contributed by atoms with Crippen LogP contribution >= 0.6 is 0 Å². The van der Waals surface area contributed by atoms with E-state index in [1.54, 1.807) is 4.90 Å². The van der Waals surface area contributed by atoms with Gasteiger partial charge in [-0.3, -0.25) is 14.5 Å². The predicted octanol–water partition coefficient (Wildman–Crippen LogP) is 1.63. The Morgan fingerprint density at radius 1 is 1.36 bits per heavy atom. The van der Waals surface area contributed by atoms with Crippen LogP contribution in [-0.2, 0) is 16.1 Å². The Morgan fingerprint density at radius 2 is 2.04 bits per heavy atom. The van der Waals surface area contributed by atoms with E-state index in [4.69, 9.17) is 10.5 Å². The fourth-order valence-electron chi connectivity index (χ4n) is 3.14. The first-order valence-electron chi connectivity index (χ1n) is 8.92. The Balaban J connectivity index is 1.92. The van der Waals surface area contributed by atoms with Gasteiger partial charge in [0.15, 0.2) is 0 Å². The first-order valence-corrected chi connectivity index (χ1v) is 8.92. The second-order valence-electron chi connectivity index (χ2n) is 6.69. The third-order valence-corrected chi connectivity index (χ3v) is 4.82. The standard InChI is InChI=1S/C19H29N3O3/c1-4-25-17-9-7-15(8-10-17)12-21(3)14(2)19(24)22-11-5-6-16(13-22)18(20)23/h7-10,14,16H,4-6,11-13H2,1-3H3,(H2,20,23)/t14-,16+/m0/s1. The van der Waals surface area contributed by atoms with Gasteiger partial charge < -0.3 is 15.4 Å². The van der Waals surface area contributed by atoms with Gasteiger partial charge in [-0.05, 0) is 51.4 Å². The summed E-state index contributed by atoms with van der Waals surface area (Å²) in [6.45, 7) is 6.32. The number of hydrogen-bond acceptors (Lipinski definition) is 4. The van der Waals surface area contributed by atoms with Gasteiger partial charge in [-0.25, -0.2) is 0 Å². The summed E-state index contributed by atoms with van der Waals surface area (Å²) in [7, 11) is 1.94. The second kappa shape index (κ2) is 8.85. The van der Waals surface area contributed by atoms with Crippen LogP contribution in [0.15, 0.2) is 24.3 Å². The molecule has 6 heteroatoms. The zero-order valence-corrected chi connectivity index (χ0v) is 15.4. The third kappa shape index (κ3) is 5.19. The molecule has 0 spiro atoms. The van der Waals surface area contributed by atoms with Crippen molar-refractivity contribution in [3.63, 3.8) is 0 Å². The Hall–Kier alpha value is -2.08. The highest BCUT2D eigenvalue weighted by molar-refractivity contribution is 5.83. The minimum absolute atomic E-state index is 0.0550. The molecule has 2 atom stereocenters. The Morgan fingerprint density at radius 3 is 2.64 bits per heavy atom. The van der Waals surface area contributed by atoms with Gasteiger partial charge in [-0.15, -0.1) is 0 Å². The number of piperidine rings is 1. The fraction of sp³-hybridized carbons (Fsp3) is 0.579. The highest BCUT2D eigenvalue weighted by Gasteiger charge is 2.30. The molecule has 1 aromatic rings. The lowest BCUT2D eigenvalue weighted by molar-refractivity contribution is -0.139. The average Bonchev–Trinajstić information content (AvgIpc) is 2.62. The molecular formula is C19H29N3O3. The maximum Gasteiger partial charge on any atom is 0.239 e. The lowest BCUT2D eigenvalue weighted by Crippen LogP contribution is -2.50. The van der Waals surface area contributed by atoms with Crippen LogP contribution in [0.2, 0.25) is 0 Å². The van der Waals surface area contributed by atoms with Gasteiger partial charge in [0.05, 0.1) is 18.6 Å². The van der Waals surface area contributed by atoms with Gasteiger partial charge in [0.25, 0.3) is 0 Å². The van der Waals surface area contributed by atoms with E-state index < -0.39 is 0 Å². The minimum atomic E-state index is -0.312. The number of ether oxygens (including phenoxy) is 1. The number of primary amides is 1. The molecule has 0 aliphatic carbocycles. The van der Waals surface area contributed by atoms with E-state index in [1.807, 2.05) is 50.1 Å². The van der Waals surface area contributed by atoms with Crippen LogP contribution in [-0.4, -0.2) is 54.4 Å². The smallest absolute Gasteiger partial charge is 0.239 e. The second-order valence-corrected chi connectivity index (χ2v) is 6.69. The number of likely N-dealkylation sites (tertiary alicyclic amines) is 1. The van der Waals surface area contributed by atoms with Crippen molar-refractivity contribution in [2.24, 2.45) is 11.7 Å². The van der Waals surface area contributed by atoms with Crippen LogP contribution in [0.4, 0.5) is 0 Å². The number of rotatable bonds is 7. The molecule has 1 heterocycles. The Labute approximate surface area is 149 Å². The summed E-state index contributed by atoms with van der Waals surface area (Å²) >= 11 is 0. The van der Waals surface area contributed by atoms with Crippen molar-refractivity contribution in [2.75, 3.05) is 26.7 Å². The molecule has 0 radical (unpaired) electrons. The van der Waals surface area contributed by atoms with Crippen molar-refractivity contribution in [3.8, 4) is 5.75 Å². The molecule has 2 rings (SSSR count). The average molecular weight is 347 g/mol. The first kappa shape index (κ1) is 19.2. The quantitative estimate of drug-likeness (QED) is 0.813. The van der Waals surface area contributed by atoms with Crippen molar-refractivity contribution < 1.29 is 14.3 Å². The molecule has 1 aliphatic rings. The summed E-state index contributed by atoms with van der Waals surface area (Å²) < 4.78 is 5.45. The molecule has 1 saturated heterocycles. The van der Waals surface area contributed by atoms with Crippen LogP contribution in [0.3, 0.4) is 0 Å². The molecule has 138 valence electrons. The van der Waals surface area contributed by atoms with E-state index in [1.165, 1.54) is 0 Å². The molecule has 0 bridgehead atoms. The zero-order valence-electron chi connectivity index (χ0n) is 15.4. The van der Waals surface area contributed by atoms with Crippen molar-refractivity contribution in [3.05, 3.63) is 29.8 Å². The lowest BCUT2D eigenvalue weighted by atomic mass is 9.97. The normalized spacial score (nSPS) is 18.9. The third-order valence-electron chi connectivity index (χ3n) is 4.82. The number of nitrogens with two attached hydrogens (primary N) is 1. The molecule has 2 N–H and O–H groups in total. The summed E-state index contributed by atoms with van der Waals surface area (Å²) in [5.74, 6) is 0.373. The van der Waals surface area contributed by atoms with Crippen molar-refractivity contribution >= 4 is 11.8 Å². The summed E-state index contributed by atoms with van der Waals surface area (Å²) in [5.41, 5.74) is 6.53. The molecule has 1 aliphatic heterocycles. The van der Waals surface area contributed by atoms with E-state index in [0.29, 0.717) is 26.2 Å². The highest BCUT2D eigenvalue weighted by atomic mass is 16.5. The molecule has 6 nitrogen and oxygen atoms in total. The van der Waals surface area contributed by atoms with E-state index in [0.717, 1.165) is 24.2 Å². The number of benzene rings is 1. The van der Waals surface area contributed by atoms with Crippen LogP contribution in [0.25, 0.3) is 0 Å². The number of hydrogen-bond donors (Lipinski definition) is 1. The summed E-state index contributed by atoms with van der Waals surface area (Å²) in [5, 5.41) is 0. The molecule has 0 aromatic heterocycles. The van der Waals surface area contributed by atoms with Gasteiger partial charge in [-0.2, -0.15) is 0 Å². The zero-order chi connectivity index (χ0) is 18.4. The molecule has 0 unspecified atom stereocenters. The van der Waals surface area contributed by atoms with E-state index in [-0.39, 0.29) is 23.8 Å². The lowest BCUT2D eigenvalue weighted by Gasteiger charge is -2.35. The SMILES string of the molecule is CCOc1ccc(CN(C)[C@@H](C)C(=O)N2CCC[C@@H](C(N)=O)C2)cc1. The van der Waals surface area contributed by atoms with Crippen LogP contribution < -0.4 is 10.5 Å². The molecule has 1 aromatic carbocycles.